The number of amides is 3. The lowest BCUT2D eigenvalue weighted by Crippen LogP contribution is -2.52. The molecule has 1 heterocycles. The monoisotopic (exact) mass is 437 g/mol. The maximum atomic E-state index is 12.3. The second-order valence-corrected chi connectivity index (χ2v) is 8.62. The smallest absolute Gasteiger partial charge is 0.319 e. The number of nitrogens with one attached hydrogen (secondary N) is 3. The number of carbonyl (C=O) groups is 2. The highest BCUT2D eigenvalue weighted by molar-refractivity contribution is 6.30. The van der Waals surface area contributed by atoms with Gasteiger partial charge >= 0.3 is 6.03 Å². The van der Waals surface area contributed by atoms with Crippen molar-refractivity contribution in [3.05, 3.63) is 29.3 Å². The molecule has 2 fully saturated rings. The van der Waals surface area contributed by atoms with Crippen LogP contribution >= 0.6 is 11.6 Å². The van der Waals surface area contributed by atoms with Crippen molar-refractivity contribution in [3.63, 3.8) is 0 Å². The Labute approximate surface area is 182 Å². The summed E-state index contributed by atoms with van der Waals surface area (Å²) in [7, 11) is 0. The average molecular weight is 438 g/mol. The summed E-state index contributed by atoms with van der Waals surface area (Å²) in [6.07, 6.45) is 7.15. The van der Waals surface area contributed by atoms with Crippen LogP contribution in [0.2, 0.25) is 5.02 Å². The molecule has 1 aliphatic carbocycles. The van der Waals surface area contributed by atoms with E-state index >= 15 is 0 Å². The summed E-state index contributed by atoms with van der Waals surface area (Å²) in [5.74, 6) is 0.309. The van der Waals surface area contributed by atoms with E-state index in [1.165, 1.54) is 6.42 Å². The van der Waals surface area contributed by atoms with Crippen LogP contribution in [0.4, 0.5) is 10.5 Å². The van der Waals surface area contributed by atoms with Gasteiger partial charge in [-0.05, 0) is 50.3 Å². The minimum atomic E-state index is -0.470. The predicted molar refractivity (Wildman–Crippen MR) is 117 cm³/mol. The van der Waals surface area contributed by atoms with Crippen LogP contribution in [0.3, 0.4) is 0 Å². The molecule has 1 saturated heterocycles. The molecule has 0 unspecified atom stereocenters. The SMILES string of the molecule is O=C(Nc1cccc(Cl)c1)N[C@H]1CC[C@@H](CCNC(=O)C2CCCCC2)O[C@@H]1CO. The Morgan fingerprint density at radius 3 is 2.67 bits per heavy atom. The highest BCUT2D eigenvalue weighted by Crippen LogP contribution is 2.24. The number of rotatable bonds is 7. The lowest BCUT2D eigenvalue weighted by Gasteiger charge is -2.36. The Bertz CT molecular complexity index is 711. The van der Waals surface area contributed by atoms with E-state index in [4.69, 9.17) is 16.3 Å². The molecule has 4 N–H and O–H groups in total. The number of hydrogen-bond donors (Lipinski definition) is 4. The molecule has 7 nitrogen and oxygen atoms in total. The number of halogens is 1. The molecule has 8 heteroatoms. The molecule has 1 aliphatic heterocycles. The van der Waals surface area contributed by atoms with Crippen molar-refractivity contribution < 1.29 is 19.4 Å². The molecule has 2 aliphatic rings. The van der Waals surface area contributed by atoms with Crippen LogP contribution < -0.4 is 16.0 Å². The molecule has 3 amide bonds. The van der Waals surface area contributed by atoms with Gasteiger partial charge in [-0.15, -0.1) is 0 Å². The number of anilines is 1. The highest BCUT2D eigenvalue weighted by Gasteiger charge is 2.32. The number of aliphatic hydroxyl groups excluding tert-OH is 1. The second kappa shape index (κ2) is 11.5. The summed E-state index contributed by atoms with van der Waals surface area (Å²) in [5, 5.41) is 18.9. The average Bonchev–Trinajstić information content (AvgIpc) is 2.75. The van der Waals surface area contributed by atoms with Crippen molar-refractivity contribution in [2.24, 2.45) is 5.92 Å². The van der Waals surface area contributed by atoms with Crippen LogP contribution in [0.25, 0.3) is 0 Å². The molecule has 1 aromatic rings. The van der Waals surface area contributed by atoms with E-state index in [-0.39, 0.29) is 36.6 Å². The third-order valence-electron chi connectivity index (χ3n) is 5.94. The van der Waals surface area contributed by atoms with Crippen LogP contribution in [0.15, 0.2) is 24.3 Å². The Hall–Kier alpha value is -1.83. The largest absolute Gasteiger partial charge is 0.394 e. The predicted octanol–water partition coefficient (Wildman–Crippen LogP) is 3.46. The van der Waals surface area contributed by atoms with Gasteiger partial charge in [0.1, 0.15) is 6.10 Å². The fourth-order valence-electron chi connectivity index (χ4n) is 4.28. The zero-order valence-corrected chi connectivity index (χ0v) is 18.0. The van der Waals surface area contributed by atoms with Crippen LogP contribution in [0.1, 0.15) is 51.4 Å². The van der Waals surface area contributed by atoms with Crippen molar-refractivity contribution in [2.45, 2.75) is 69.6 Å². The lowest BCUT2D eigenvalue weighted by atomic mass is 9.88. The summed E-state index contributed by atoms with van der Waals surface area (Å²) in [5.41, 5.74) is 0.601. The molecule has 1 aromatic carbocycles. The summed E-state index contributed by atoms with van der Waals surface area (Å²) < 4.78 is 5.98. The standard InChI is InChI=1S/C22H32ClN3O4/c23-16-7-4-8-17(13-16)25-22(29)26-19-10-9-18(30-20(19)14-27)11-12-24-21(28)15-5-2-1-3-6-15/h4,7-8,13,15,18-20,27H,1-3,5-6,9-12,14H2,(H,24,28)(H2,25,26,29)/t18-,19-,20+/m0/s1. The summed E-state index contributed by atoms with van der Waals surface area (Å²) in [4.78, 5) is 24.5. The second-order valence-electron chi connectivity index (χ2n) is 8.19. The Balaban J connectivity index is 1.39. The first-order chi connectivity index (χ1) is 14.5. The van der Waals surface area contributed by atoms with Gasteiger partial charge in [-0.3, -0.25) is 4.79 Å². The molecule has 3 atom stereocenters. The first kappa shape index (κ1) is 22.8. The van der Waals surface area contributed by atoms with E-state index in [0.29, 0.717) is 30.1 Å². The first-order valence-corrected chi connectivity index (χ1v) is 11.3. The Morgan fingerprint density at radius 1 is 1.13 bits per heavy atom. The fraction of sp³-hybridized carbons (Fsp3) is 0.636. The zero-order chi connectivity index (χ0) is 21.3. The lowest BCUT2D eigenvalue weighted by molar-refractivity contribution is -0.126. The number of aliphatic hydroxyl groups is 1. The molecule has 30 heavy (non-hydrogen) atoms. The van der Waals surface area contributed by atoms with Crippen molar-refractivity contribution in [3.8, 4) is 0 Å². The van der Waals surface area contributed by atoms with Crippen molar-refractivity contribution in [1.82, 2.24) is 10.6 Å². The van der Waals surface area contributed by atoms with Gasteiger partial charge in [0.25, 0.3) is 0 Å². The molecule has 1 saturated carbocycles. The van der Waals surface area contributed by atoms with Gasteiger partial charge in [-0.25, -0.2) is 4.79 Å². The third-order valence-corrected chi connectivity index (χ3v) is 6.17. The van der Waals surface area contributed by atoms with Crippen molar-refractivity contribution in [2.75, 3.05) is 18.5 Å². The molecular formula is C22H32ClN3O4. The Morgan fingerprint density at radius 2 is 1.93 bits per heavy atom. The fourth-order valence-corrected chi connectivity index (χ4v) is 4.47. The topological polar surface area (TPSA) is 99.7 Å². The van der Waals surface area contributed by atoms with Crippen molar-refractivity contribution in [1.29, 1.82) is 0 Å². The third kappa shape index (κ3) is 6.86. The van der Waals surface area contributed by atoms with Gasteiger partial charge in [0.15, 0.2) is 0 Å². The minimum absolute atomic E-state index is 0.0390. The van der Waals surface area contributed by atoms with Crippen molar-refractivity contribution >= 4 is 29.2 Å². The van der Waals surface area contributed by atoms with Gasteiger partial charge in [-0.2, -0.15) is 0 Å². The first-order valence-electron chi connectivity index (χ1n) is 10.9. The number of hydrogen-bond acceptors (Lipinski definition) is 4. The van der Waals surface area contributed by atoms with Gasteiger partial charge in [0.05, 0.1) is 18.8 Å². The van der Waals surface area contributed by atoms with Crippen LogP contribution in [0, 0.1) is 5.92 Å². The quantitative estimate of drug-likeness (QED) is 0.524. The molecule has 0 radical (unpaired) electrons. The van der Waals surface area contributed by atoms with Gasteiger partial charge < -0.3 is 25.8 Å². The highest BCUT2D eigenvalue weighted by atomic mass is 35.5. The molecule has 0 spiro atoms. The minimum Gasteiger partial charge on any atom is -0.394 e. The normalized spacial score (nSPS) is 24.8. The molecule has 0 bridgehead atoms. The maximum absolute atomic E-state index is 12.3. The van der Waals surface area contributed by atoms with E-state index in [2.05, 4.69) is 16.0 Å². The Kier molecular flexibility index (Phi) is 8.78. The van der Waals surface area contributed by atoms with Gasteiger partial charge in [0, 0.05) is 23.2 Å². The van der Waals surface area contributed by atoms with Gasteiger partial charge in [0.2, 0.25) is 5.91 Å². The van der Waals surface area contributed by atoms with E-state index in [9.17, 15) is 14.7 Å². The van der Waals surface area contributed by atoms with Crippen LogP contribution in [-0.4, -0.2) is 48.4 Å². The van der Waals surface area contributed by atoms with Crippen LogP contribution in [-0.2, 0) is 9.53 Å². The molecule has 166 valence electrons. The summed E-state index contributed by atoms with van der Waals surface area (Å²) in [6, 6.07) is 6.28. The number of carbonyl (C=O) groups excluding carboxylic acids is 2. The van der Waals surface area contributed by atoms with E-state index < -0.39 is 6.10 Å². The van der Waals surface area contributed by atoms with Crippen LogP contribution in [0.5, 0.6) is 0 Å². The molecule has 0 aromatic heterocycles. The van der Waals surface area contributed by atoms with E-state index in [0.717, 1.165) is 32.1 Å². The molecular weight excluding hydrogens is 406 g/mol. The summed E-state index contributed by atoms with van der Waals surface area (Å²) in [6.45, 7) is 0.401. The van der Waals surface area contributed by atoms with Gasteiger partial charge in [-0.1, -0.05) is 36.9 Å². The number of benzene rings is 1. The zero-order valence-electron chi connectivity index (χ0n) is 17.2. The molecule has 3 rings (SSSR count). The maximum Gasteiger partial charge on any atom is 0.319 e. The van der Waals surface area contributed by atoms with E-state index in [1.807, 2.05) is 0 Å². The van der Waals surface area contributed by atoms with E-state index in [1.54, 1.807) is 24.3 Å². The number of urea groups is 1. The number of ether oxygens (including phenoxy) is 1. The summed E-state index contributed by atoms with van der Waals surface area (Å²) >= 11 is 5.94.